The number of esters is 1. The topological polar surface area (TPSA) is 98.0 Å². The van der Waals surface area contributed by atoms with Crippen molar-refractivity contribution in [1.29, 1.82) is 0 Å². The summed E-state index contributed by atoms with van der Waals surface area (Å²) >= 11 is 0. The van der Waals surface area contributed by atoms with Gasteiger partial charge in [0, 0.05) is 63.8 Å². The van der Waals surface area contributed by atoms with Crippen molar-refractivity contribution in [3.63, 3.8) is 0 Å². The predicted octanol–water partition coefficient (Wildman–Crippen LogP) is 1.73. The molecule has 2 fully saturated rings. The number of hydrogen-bond donors (Lipinski definition) is 2. The van der Waals surface area contributed by atoms with Crippen molar-refractivity contribution in [2.45, 2.75) is 52.9 Å². The van der Waals surface area contributed by atoms with E-state index < -0.39 is 0 Å². The van der Waals surface area contributed by atoms with E-state index in [2.05, 4.69) is 27.1 Å². The molecule has 1 aromatic heterocycles. The highest BCUT2D eigenvalue weighted by atomic mass is 16.5. The Hall–Kier alpha value is -2.39. The summed E-state index contributed by atoms with van der Waals surface area (Å²) in [6.07, 6.45) is 3.38. The molecule has 0 aliphatic carbocycles. The largest absolute Gasteiger partial charge is 0.461 e. The molecule has 2 aliphatic rings. The fourth-order valence-corrected chi connectivity index (χ4v) is 5.08. The highest BCUT2D eigenvalue weighted by molar-refractivity contribution is 5.90. The lowest BCUT2D eigenvalue weighted by Crippen LogP contribution is -2.45. The molecule has 9 nitrogen and oxygen atoms in total. The van der Waals surface area contributed by atoms with Crippen LogP contribution in [0, 0.1) is 19.8 Å². The SMILES string of the molecule is CCOC(=O)c1[nH]c(C)c(CCC(=O)N2CCC(C(=O)NCCCN3CCN(C)CC3)CC2)c1C. The van der Waals surface area contributed by atoms with E-state index in [0.717, 1.165) is 56.0 Å². The van der Waals surface area contributed by atoms with Gasteiger partial charge in [0.2, 0.25) is 11.8 Å². The van der Waals surface area contributed by atoms with Crippen LogP contribution in [0.1, 0.15) is 59.9 Å². The molecule has 0 aromatic carbocycles. The summed E-state index contributed by atoms with van der Waals surface area (Å²) < 4.78 is 5.11. The Balaban J connectivity index is 1.35. The first-order valence-electron chi connectivity index (χ1n) is 13.1. The van der Waals surface area contributed by atoms with Crippen LogP contribution >= 0.6 is 0 Å². The number of carbonyl (C=O) groups excluding carboxylic acids is 3. The molecule has 1 aromatic rings. The molecular formula is C26H43N5O4. The normalized spacial score (nSPS) is 18.0. The summed E-state index contributed by atoms with van der Waals surface area (Å²) in [5.74, 6) is -0.136. The van der Waals surface area contributed by atoms with Gasteiger partial charge in [0.25, 0.3) is 0 Å². The van der Waals surface area contributed by atoms with Gasteiger partial charge in [-0.2, -0.15) is 0 Å². The van der Waals surface area contributed by atoms with Crippen LogP contribution in [0.5, 0.6) is 0 Å². The number of aromatic amines is 1. The number of piperidine rings is 1. The van der Waals surface area contributed by atoms with Crippen LogP contribution in [-0.4, -0.2) is 103 Å². The zero-order chi connectivity index (χ0) is 25.4. The minimum Gasteiger partial charge on any atom is -0.461 e. The van der Waals surface area contributed by atoms with E-state index in [9.17, 15) is 14.4 Å². The van der Waals surface area contributed by atoms with Gasteiger partial charge in [0.05, 0.1) is 6.61 Å². The van der Waals surface area contributed by atoms with Crippen LogP contribution in [0.3, 0.4) is 0 Å². The molecule has 2 N–H and O–H groups in total. The molecular weight excluding hydrogens is 446 g/mol. The fraction of sp³-hybridized carbons (Fsp3) is 0.731. The second kappa shape index (κ2) is 13.1. The summed E-state index contributed by atoms with van der Waals surface area (Å²) in [6, 6.07) is 0. The van der Waals surface area contributed by atoms with Crippen molar-refractivity contribution in [3.05, 3.63) is 22.5 Å². The average Bonchev–Trinajstić information content (AvgIpc) is 3.14. The van der Waals surface area contributed by atoms with Crippen LogP contribution in [0.25, 0.3) is 0 Å². The smallest absolute Gasteiger partial charge is 0.355 e. The molecule has 2 amide bonds. The first-order chi connectivity index (χ1) is 16.8. The molecule has 3 heterocycles. The number of ether oxygens (including phenoxy) is 1. The van der Waals surface area contributed by atoms with Gasteiger partial charge in [-0.25, -0.2) is 4.79 Å². The monoisotopic (exact) mass is 489 g/mol. The van der Waals surface area contributed by atoms with Crippen molar-refractivity contribution < 1.29 is 19.1 Å². The van der Waals surface area contributed by atoms with Crippen molar-refractivity contribution in [2.24, 2.45) is 5.92 Å². The van der Waals surface area contributed by atoms with Crippen molar-refractivity contribution in [2.75, 3.05) is 66.0 Å². The van der Waals surface area contributed by atoms with Crippen LogP contribution in [0.15, 0.2) is 0 Å². The second-order valence-corrected chi connectivity index (χ2v) is 9.89. The number of piperazine rings is 1. The van der Waals surface area contributed by atoms with Gasteiger partial charge >= 0.3 is 5.97 Å². The number of rotatable bonds is 10. The third-order valence-electron chi connectivity index (χ3n) is 7.43. The molecule has 0 saturated carbocycles. The maximum absolute atomic E-state index is 12.8. The van der Waals surface area contributed by atoms with Crippen LogP contribution < -0.4 is 5.32 Å². The summed E-state index contributed by atoms with van der Waals surface area (Å²) in [5, 5.41) is 3.10. The fourth-order valence-electron chi connectivity index (χ4n) is 5.08. The number of likely N-dealkylation sites (tertiary alicyclic amines) is 1. The maximum atomic E-state index is 12.8. The van der Waals surface area contributed by atoms with E-state index in [1.165, 1.54) is 0 Å². The number of nitrogens with zero attached hydrogens (tertiary/aromatic N) is 3. The molecule has 196 valence electrons. The van der Waals surface area contributed by atoms with Crippen molar-refractivity contribution >= 4 is 17.8 Å². The number of nitrogens with one attached hydrogen (secondary N) is 2. The molecule has 0 bridgehead atoms. The van der Waals surface area contributed by atoms with E-state index in [1.807, 2.05) is 18.7 Å². The van der Waals surface area contributed by atoms with Gasteiger partial charge in [0.15, 0.2) is 0 Å². The Labute approximate surface area is 209 Å². The van der Waals surface area contributed by atoms with Gasteiger partial charge in [-0.1, -0.05) is 0 Å². The first-order valence-corrected chi connectivity index (χ1v) is 13.1. The lowest BCUT2D eigenvalue weighted by atomic mass is 9.95. The standard InChI is InChI=1S/C26H43N5O4/c1-5-35-26(34)24-19(2)22(20(3)28-24)7-8-23(32)31-13-9-21(10-14-31)25(33)27-11-6-12-30-17-15-29(4)16-18-30/h21,28H,5-18H2,1-4H3,(H,27,33). The van der Waals surface area contributed by atoms with Crippen LogP contribution in [-0.2, 0) is 20.7 Å². The Morgan fingerprint density at radius 2 is 1.74 bits per heavy atom. The van der Waals surface area contributed by atoms with Crippen molar-refractivity contribution in [3.8, 4) is 0 Å². The highest BCUT2D eigenvalue weighted by Gasteiger charge is 2.27. The molecule has 3 rings (SSSR count). The van der Waals surface area contributed by atoms with E-state index in [4.69, 9.17) is 4.74 Å². The van der Waals surface area contributed by atoms with E-state index in [0.29, 0.717) is 57.6 Å². The molecule has 0 unspecified atom stereocenters. The molecule has 0 radical (unpaired) electrons. The first kappa shape index (κ1) is 27.2. The zero-order valence-electron chi connectivity index (χ0n) is 22.0. The lowest BCUT2D eigenvalue weighted by molar-refractivity contribution is -0.135. The Morgan fingerprint density at radius 3 is 2.40 bits per heavy atom. The summed E-state index contributed by atoms with van der Waals surface area (Å²) in [4.78, 5) is 47.3. The van der Waals surface area contributed by atoms with Gasteiger partial charge in [-0.3, -0.25) is 9.59 Å². The Morgan fingerprint density at radius 1 is 1.06 bits per heavy atom. The average molecular weight is 490 g/mol. The van der Waals surface area contributed by atoms with Gasteiger partial charge < -0.3 is 29.7 Å². The molecule has 9 heteroatoms. The molecule has 35 heavy (non-hydrogen) atoms. The number of amides is 2. The number of H-pyrrole nitrogens is 1. The Bertz CT molecular complexity index is 867. The minimum absolute atomic E-state index is 0.0102. The quantitative estimate of drug-likeness (QED) is 0.384. The zero-order valence-corrected chi connectivity index (χ0v) is 22.0. The second-order valence-electron chi connectivity index (χ2n) is 9.89. The third-order valence-corrected chi connectivity index (χ3v) is 7.43. The predicted molar refractivity (Wildman–Crippen MR) is 135 cm³/mol. The number of aromatic nitrogens is 1. The summed E-state index contributed by atoms with van der Waals surface area (Å²) in [7, 11) is 2.16. The van der Waals surface area contributed by atoms with Crippen LogP contribution in [0.4, 0.5) is 0 Å². The van der Waals surface area contributed by atoms with E-state index in [-0.39, 0.29) is 23.7 Å². The van der Waals surface area contributed by atoms with Crippen LogP contribution in [0.2, 0.25) is 0 Å². The van der Waals surface area contributed by atoms with Gasteiger partial charge in [-0.15, -0.1) is 0 Å². The van der Waals surface area contributed by atoms with E-state index in [1.54, 1.807) is 6.92 Å². The summed E-state index contributed by atoms with van der Waals surface area (Å²) in [5.41, 5.74) is 3.24. The van der Waals surface area contributed by atoms with E-state index >= 15 is 0 Å². The van der Waals surface area contributed by atoms with Gasteiger partial charge in [0.1, 0.15) is 5.69 Å². The Kier molecular flexibility index (Phi) is 10.2. The van der Waals surface area contributed by atoms with Gasteiger partial charge in [-0.05, 0) is 71.2 Å². The molecule has 0 spiro atoms. The minimum atomic E-state index is -0.356. The summed E-state index contributed by atoms with van der Waals surface area (Å²) in [6.45, 7) is 13.4. The molecule has 2 saturated heterocycles. The lowest BCUT2D eigenvalue weighted by Gasteiger charge is -2.32. The number of hydrogen-bond acceptors (Lipinski definition) is 6. The number of aryl methyl sites for hydroxylation is 1. The maximum Gasteiger partial charge on any atom is 0.355 e. The third kappa shape index (κ3) is 7.54. The molecule has 0 atom stereocenters. The highest BCUT2D eigenvalue weighted by Crippen LogP contribution is 2.22. The number of likely N-dealkylation sites (N-methyl/N-ethyl adjacent to an activating group) is 1. The van der Waals surface area contributed by atoms with Crippen molar-refractivity contribution in [1.82, 2.24) is 25.0 Å². The molecule has 2 aliphatic heterocycles. The number of carbonyl (C=O) groups is 3.